The van der Waals surface area contributed by atoms with E-state index in [1.807, 2.05) is 30.3 Å². The molecule has 0 amide bonds. The summed E-state index contributed by atoms with van der Waals surface area (Å²) in [6.45, 7) is 0. The van der Waals surface area contributed by atoms with E-state index < -0.39 is 11.9 Å². The molecular formula is C15H15FO2S. The Balaban J connectivity index is 2.00. The van der Waals surface area contributed by atoms with Crippen LogP contribution >= 0.6 is 11.8 Å². The van der Waals surface area contributed by atoms with E-state index in [2.05, 4.69) is 0 Å². The molecule has 19 heavy (non-hydrogen) atoms. The molecule has 0 aliphatic carbocycles. The summed E-state index contributed by atoms with van der Waals surface area (Å²) in [6, 6.07) is 14.3. The average molecular weight is 278 g/mol. The van der Waals surface area contributed by atoms with Gasteiger partial charge in [-0.25, -0.2) is 4.39 Å². The zero-order valence-electron chi connectivity index (χ0n) is 10.5. The topological polar surface area (TPSA) is 29.5 Å². The molecule has 0 fully saturated rings. The molecule has 2 aromatic carbocycles. The number of aliphatic hydroxyl groups excluding tert-OH is 1. The molecule has 0 spiro atoms. The van der Waals surface area contributed by atoms with Crippen LogP contribution < -0.4 is 4.74 Å². The molecule has 0 radical (unpaired) electrons. The molecule has 0 saturated carbocycles. The minimum atomic E-state index is -0.703. The molecule has 0 saturated heterocycles. The van der Waals surface area contributed by atoms with Crippen molar-refractivity contribution in [3.8, 4) is 5.75 Å². The summed E-state index contributed by atoms with van der Waals surface area (Å²) >= 11 is 1.54. The SMILES string of the molecule is COc1ccc(C(O)CSc2ccccc2)cc1F. The molecule has 2 rings (SSSR count). The fraction of sp³-hybridized carbons (Fsp3) is 0.200. The Labute approximate surface area is 116 Å². The van der Waals surface area contributed by atoms with E-state index in [4.69, 9.17) is 4.74 Å². The van der Waals surface area contributed by atoms with Gasteiger partial charge in [0.1, 0.15) is 0 Å². The van der Waals surface area contributed by atoms with Gasteiger partial charge in [-0.2, -0.15) is 0 Å². The Morgan fingerprint density at radius 3 is 2.58 bits per heavy atom. The predicted octanol–water partition coefficient (Wildman–Crippen LogP) is 3.66. The maximum Gasteiger partial charge on any atom is 0.165 e. The molecule has 100 valence electrons. The summed E-state index contributed by atoms with van der Waals surface area (Å²) in [4.78, 5) is 1.08. The second-order valence-corrected chi connectivity index (χ2v) is 5.13. The van der Waals surface area contributed by atoms with Gasteiger partial charge in [0.15, 0.2) is 11.6 Å². The van der Waals surface area contributed by atoms with Crippen molar-refractivity contribution in [3.05, 3.63) is 59.9 Å². The molecule has 1 atom stereocenters. The number of rotatable bonds is 5. The summed E-state index contributed by atoms with van der Waals surface area (Å²) in [5.74, 6) is 0.214. The van der Waals surface area contributed by atoms with Gasteiger partial charge >= 0.3 is 0 Å². The number of halogens is 1. The fourth-order valence-corrected chi connectivity index (χ4v) is 2.57. The first-order valence-electron chi connectivity index (χ1n) is 5.90. The van der Waals surface area contributed by atoms with Crippen LogP contribution in [0.15, 0.2) is 53.4 Å². The van der Waals surface area contributed by atoms with Gasteiger partial charge in [-0.3, -0.25) is 0 Å². The quantitative estimate of drug-likeness (QED) is 0.846. The molecule has 2 nitrogen and oxygen atoms in total. The van der Waals surface area contributed by atoms with Gasteiger partial charge < -0.3 is 9.84 Å². The molecule has 1 unspecified atom stereocenters. The normalized spacial score (nSPS) is 12.2. The van der Waals surface area contributed by atoms with Gasteiger partial charge in [0.05, 0.1) is 13.2 Å². The summed E-state index contributed by atoms with van der Waals surface area (Å²) in [7, 11) is 1.42. The number of ether oxygens (including phenoxy) is 1. The first kappa shape index (κ1) is 13.9. The lowest BCUT2D eigenvalue weighted by atomic mass is 10.1. The third-order valence-electron chi connectivity index (χ3n) is 2.71. The van der Waals surface area contributed by atoms with Crippen LogP contribution in [0.5, 0.6) is 5.75 Å². The lowest BCUT2D eigenvalue weighted by molar-refractivity contribution is 0.203. The van der Waals surface area contributed by atoms with Gasteiger partial charge in [0.2, 0.25) is 0 Å². The van der Waals surface area contributed by atoms with Crippen molar-refractivity contribution >= 4 is 11.8 Å². The van der Waals surface area contributed by atoms with Crippen molar-refractivity contribution in [2.45, 2.75) is 11.0 Å². The molecule has 0 aromatic heterocycles. The Hall–Kier alpha value is -1.52. The van der Waals surface area contributed by atoms with Gasteiger partial charge in [-0.1, -0.05) is 24.3 Å². The van der Waals surface area contributed by atoms with E-state index in [0.717, 1.165) is 4.90 Å². The molecule has 4 heteroatoms. The third-order valence-corrected chi connectivity index (χ3v) is 3.80. The highest BCUT2D eigenvalue weighted by molar-refractivity contribution is 7.99. The lowest BCUT2D eigenvalue weighted by Gasteiger charge is -2.12. The molecule has 1 N–H and O–H groups in total. The Bertz CT molecular complexity index is 531. The molecule has 2 aromatic rings. The Kier molecular flexibility index (Phi) is 4.82. The van der Waals surface area contributed by atoms with E-state index in [9.17, 15) is 9.50 Å². The standard InChI is InChI=1S/C15H15FO2S/c1-18-15-8-7-11(9-13(15)16)14(17)10-19-12-5-3-2-4-6-12/h2-9,14,17H,10H2,1H3. The summed E-state index contributed by atoms with van der Waals surface area (Å²) < 4.78 is 18.4. The molecule has 0 bridgehead atoms. The second kappa shape index (κ2) is 6.59. The van der Waals surface area contributed by atoms with E-state index in [1.165, 1.54) is 31.0 Å². The summed E-state index contributed by atoms with van der Waals surface area (Å²) in [5.41, 5.74) is 0.557. The Morgan fingerprint density at radius 1 is 1.21 bits per heavy atom. The smallest absolute Gasteiger partial charge is 0.165 e. The highest BCUT2D eigenvalue weighted by atomic mass is 32.2. The van der Waals surface area contributed by atoms with Gasteiger partial charge in [0, 0.05) is 10.6 Å². The Morgan fingerprint density at radius 2 is 1.95 bits per heavy atom. The number of benzene rings is 2. The average Bonchev–Trinajstić information content (AvgIpc) is 2.45. The maximum atomic E-state index is 13.5. The van der Waals surface area contributed by atoms with Crippen LogP contribution in [0, 0.1) is 5.82 Å². The van der Waals surface area contributed by atoms with E-state index in [-0.39, 0.29) is 5.75 Å². The van der Waals surface area contributed by atoms with Crippen molar-refractivity contribution in [3.63, 3.8) is 0 Å². The maximum absolute atomic E-state index is 13.5. The van der Waals surface area contributed by atoms with Crippen LogP contribution in [0.3, 0.4) is 0 Å². The zero-order valence-corrected chi connectivity index (χ0v) is 11.4. The van der Waals surface area contributed by atoms with Gasteiger partial charge in [-0.15, -0.1) is 11.8 Å². The minimum Gasteiger partial charge on any atom is -0.494 e. The van der Waals surface area contributed by atoms with Crippen molar-refractivity contribution in [1.29, 1.82) is 0 Å². The molecule has 0 aliphatic heterocycles. The summed E-state index contributed by atoms with van der Waals surface area (Å²) in [5, 5.41) is 10.0. The van der Waals surface area contributed by atoms with Crippen molar-refractivity contribution in [2.75, 3.05) is 12.9 Å². The summed E-state index contributed by atoms with van der Waals surface area (Å²) in [6.07, 6.45) is -0.703. The number of aliphatic hydroxyl groups is 1. The van der Waals surface area contributed by atoms with Gasteiger partial charge in [0.25, 0.3) is 0 Å². The first-order valence-corrected chi connectivity index (χ1v) is 6.88. The zero-order chi connectivity index (χ0) is 13.7. The van der Waals surface area contributed by atoms with E-state index >= 15 is 0 Å². The number of thioether (sulfide) groups is 1. The molecular weight excluding hydrogens is 263 g/mol. The lowest BCUT2D eigenvalue weighted by Crippen LogP contribution is -2.01. The van der Waals surface area contributed by atoms with Gasteiger partial charge in [-0.05, 0) is 29.8 Å². The highest BCUT2D eigenvalue weighted by Crippen LogP contribution is 2.27. The minimum absolute atomic E-state index is 0.187. The number of methoxy groups -OCH3 is 1. The molecule has 0 aliphatic rings. The second-order valence-electron chi connectivity index (χ2n) is 4.03. The predicted molar refractivity (Wildman–Crippen MR) is 75.1 cm³/mol. The number of hydrogen-bond acceptors (Lipinski definition) is 3. The van der Waals surface area contributed by atoms with Crippen molar-refractivity contribution < 1.29 is 14.2 Å². The fourth-order valence-electron chi connectivity index (χ4n) is 1.68. The number of hydrogen-bond donors (Lipinski definition) is 1. The van der Waals surface area contributed by atoms with E-state index in [0.29, 0.717) is 11.3 Å². The van der Waals surface area contributed by atoms with Crippen LogP contribution in [0.4, 0.5) is 4.39 Å². The van der Waals surface area contributed by atoms with Crippen LogP contribution in [0.25, 0.3) is 0 Å². The third kappa shape index (κ3) is 3.72. The van der Waals surface area contributed by atoms with E-state index in [1.54, 1.807) is 6.07 Å². The largest absolute Gasteiger partial charge is 0.494 e. The molecule has 0 heterocycles. The highest BCUT2D eigenvalue weighted by Gasteiger charge is 2.11. The van der Waals surface area contributed by atoms with Crippen LogP contribution in [-0.2, 0) is 0 Å². The van der Waals surface area contributed by atoms with Crippen LogP contribution in [0.1, 0.15) is 11.7 Å². The van der Waals surface area contributed by atoms with Crippen LogP contribution in [0.2, 0.25) is 0 Å². The van der Waals surface area contributed by atoms with Crippen molar-refractivity contribution in [2.24, 2.45) is 0 Å². The van der Waals surface area contributed by atoms with Crippen LogP contribution in [-0.4, -0.2) is 18.0 Å². The first-order chi connectivity index (χ1) is 9.20. The van der Waals surface area contributed by atoms with Crippen molar-refractivity contribution in [1.82, 2.24) is 0 Å². The monoisotopic (exact) mass is 278 g/mol.